The predicted molar refractivity (Wildman–Crippen MR) is 115 cm³/mol. The molecule has 2 heterocycles. The minimum atomic E-state index is -3.75. The lowest BCUT2D eigenvalue weighted by atomic mass is 10.1. The van der Waals surface area contributed by atoms with Crippen molar-refractivity contribution in [2.75, 3.05) is 10.0 Å². The molecule has 2 N–H and O–H groups in total. The van der Waals surface area contributed by atoms with E-state index in [0.717, 1.165) is 17.0 Å². The minimum Gasteiger partial charge on any atom is -0.326 e. The Bertz CT molecular complexity index is 1330. The van der Waals surface area contributed by atoms with Crippen LogP contribution in [0, 0.1) is 6.92 Å². The van der Waals surface area contributed by atoms with Crippen LogP contribution in [0.1, 0.15) is 12.6 Å². The summed E-state index contributed by atoms with van der Waals surface area (Å²) < 4.78 is 29.6. The number of imidazole rings is 1. The van der Waals surface area contributed by atoms with E-state index in [2.05, 4.69) is 20.0 Å². The van der Waals surface area contributed by atoms with Gasteiger partial charge < -0.3 is 5.32 Å². The van der Waals surface area contributed by atoms with E-state index < -0.39 is 10.0 Å². The lowest BCUT2D eigenvalue weighted by Crippen LogP contribution is -2.13. The standard InChI is InChI=1S/C21H19N5O3S/c1-14-11-12-26-13-20(24-21(26)22-14)16-3-5-18(6-4-16)25-30(28,29)19-9-7-17(8-10-19)23-15(2)27/h3-13,25H,1-2H3,(H,23,27). The Morgan fingerprint density at radius 3 is 2.27 bits per heavy atom. The summed E-state index contributed by atoms with van der Waals surface area (Å²) in [7, 11) is -3.75. The quantitative estimate of drug-likeness (QED) is 0.513. The number of amides is 1. The molecule has 0 spiro atoms. The van der Waals surface area contributed by atoms with Gasteiger partial charge in [-0.25, -0.2) is 18.4 Å². The normalized spacial score (nSPS) is 11.4. The number of anilines is 2. The number of aromatic nitrogens is 3. The van der Waals surface area contributed by atoms with Crippen molar-refractivity contribution in [3.63, 3.8) is 0 Å². The smallest absolute Gasteiger partial charge is 0.261 e. The fraction of sp³-hybridized carbons (Fsp3) is 0.0952. The van der Waals surface area contributed by atoms with Crippen LogP contribution in [0.2, 0.25) is 0 Å². The molecule has 9 heteroatoms. The number of aryl methyl sites for hydroxylation is 1. The molecule has 2 aromatic heterocycles. The SMILES string of the molecule is CC(=O)Nc1ccc(S(=O)(=O)Nc2ccc(-c3cn4ccc(C)nc4n3)cc2)cc1. The minimum absolute atomic E-state index is 0.0995. The number of sulfonamides is 1. The van der Waals surface area contributed by atoms with E-state index in [1.165, 1.54) is 31.2 Å². The van der Waals surface area contributed by atoms with Crippen molar-refractivity contribution < 1.29 is 13.2 Å². The summed E-state index contributed by atoms with van der Waals surface area (Å²) in [5.74, 6) is 0.387. The maximum atomic E-state index is 12.6. The summed E-state index contributed by atoms with van der Waals surface area (Å²) in [6.45, 7) is 3.29. The molecule has 2 aromatic carbocycles. The maximum Gasteiger partial charge on any atom is 0.261 e. The van der Waals surface area contributed by atoms with Gasteiger partial charge in [0.25, 0.3) is 10.0 Å². The molecule has 0 aliphatic rings. The van der Waals surface area contributed by atoms with Gasteiger partial charge in [-0.1, -0.05) is 12.1 Å². The molecule has 0 unspecified atom stereocenters. The fourth-order valence-corrected chi connectivity index (χ4v) is 4.00. The first-order valence-corrected chi connectivity index (χ1v) is 10.6. The van der Waals surface area contributed by atoms with Crippen molar-refractivity contribution in [3.8, 4) is 11.3 Å². The second kappa shape index (κ2) is 7.60. The van der Waals surface area contributed by atoms with Gasteiger partial charge in [-0.2, -0.15) is 0 Å². The molecule has 30 heavy (non-hydrogen) atoms. The van der Waals surface area contributed by atoms with Gasteiger partial charge in [0, 0.05) is 41.9 Å². The van der Waals surface area contributed by atoms with Crippen molar-refractivity contribution in [3.05, 3.63) is 72.7 Å². The van der Waals surface area contributed by atoms with Gasteiger partial charge in [0.1, 0.15) is 0 Å². The van der Waals surface area contributed by atoms with E-state index in [-0.39, 0.29) is 10.8 Å². The van der Waals surface area contributed by atoms with E-state index in [1.807, 2.05) is 29.8 Å². The zero-order chi connectivity index (χ0) is 21.3. The second-order valence-electron chi connectivity index (χ2n) is 6.79. The molecule has 0 saturated heterocycles. The Morgan fingerprint density at radius 1 is 0.933 bits per heavy atom. The maximum absolute atomic E-state index is 12.6. The summed E-state index contributed by atoms with van der Waals surface area (Å²) in [5.41, 5.74) is 3.44. The number of nitrogens with zero attached hydrogens (tertiary/aromatic N) is 3. The molecule has 0 bridgehead atoms. The van der Waals surface area contributed by atoms with Gasteiger partial charge in [-0.15, -0.1) is 0 Å². The van der Waals surface area contributed by atoms with Crippen LogP contribution in [0.3, 0.4) is 0 Å². The lowest BCUT2D eigenvalue weighted by Gasteiger charge is -2.09. The largest absolute Gasteiger partial charge is 0.326 e. The zero-order valence-corrected chi connectivity index (χ0v) is 17.1. The highest BCUT2D eigenvalue weighted by molar-refractivity contribution is 7.92. The van der Waals surface area contributed by atoms with Crippen LogP contribution in [-0.4, -0.2) is 28.7 Å². The number of benzene rings is 2. The van der Waals surface area contributed by atoms with Crippen molar-refractivity contribution >= 4 is 33.1 Å². The number of fused-ring (bicyclic) bond motifs is 1. The first kappa shape index (κ1) is 19.6. The topological polar surface area (TPSA) is 105 Å². The highest BCUT2D eigenvalue weighted by atomic mass is 32.2. The number of carbonyl (C=O) groups is 1. The number of rotatable bonds is 5. The molecule has 0 atom stereocenters. The van der Waals surface area contributed by atoms with Crippen LogP contribution in [0.4, 0.5) is 11.4 Å². The number of nitrogens with one attached hydrogen (secondary N) is 2. The third-order valence-corrected chi connectivity index (χ3v) is 5.78. The molecular weight excluding hydrogens is 402 g/mol. The predicted octanol–water partition coefficient (Wildman–Crippen LogP) is 3.46. The van der Waals surface area contributed by atoms with Gasteiger partial charge in [-0.05, 0) is 49.4 Å². The van der Waals surface area contributed by atoms with Gasteiger partial charge >= 0.3 is 0 Å². The summed E-state index contributed by atoms with van der Waals surface area (Å²) in [4.78, 5) is 20.1. The molecule has 4 aromatic rings. The van der Waals surface area contributed by atoms with Crippen molar-refractivity contribution in [2.24, 2.45) is 0 Å². The molecule has 1 amide bonds. The van der Waals surface area contributed by atoms with E-state index in [1.54, 1.807) is 24.3 Å². The average Bonchev–Trinajstić information content (AvgIpc) is 3.11. The van der Waals surface area contributed by atoms with E-state index in [9.17, 15) is 13.2 Å². The molecule has 0 radical (unpaired) electrons. The second-order valence-corrected chi connectivity index (χ2v) is 8.47. The van der Waals surface area contributed by atoms with Gasteiger partial charge in [-0.3, -0.25) is 13.9 Å². The molecule has 4 rings (SSSR count). The highest BCUT2D eigenvalue weighted by Crippen LogP contribution is 2.23. The monoisotopic (exact) mass is 421 g/mol. The van der Waals surface area contributed by atoms with Crippen molar-refractivity contribution in [1.82, 2.24) is 14.4 Å². The summed E-state index contributed by atoms with van der Waals surface area (Å²) >= 11 is 0. The number of carbonyl (C=O) groups excluding carboxylic acids is 1. The third kappa shape index (κ3) is 4.15. The molecule has 0 saturated carbocycles. The Kier molecular flexibility index (Phi) is 4.96. The van der Waals surface area contributed by atoms with Crippen LogP contribution in [-0.2, 0) is 14.8 Å². The first-order valence-electron chi connectivity index (χ1n) is 9.13. The van der Waals surface area contributed by atoms with Gasteiger partial charge in [0.15, 0.2) is 0 Å². The molecule has 0 aliphatic heterocycles. The van der Waals surface area contributed by atoms with E-state index >= 15 is 0 Å². The van der Waals surface area contributed by atoms with Gasteiger partial charge in [0.05, 0.1) is 10.6 Å². The summed E-state index contributed by atoms with van der Waals surface area (Å²) in [5, 5.41) is 2.60. The van der Waals surface area contributed by atoms with Crippen LogP contribution in [0.25, 0.3) is 17.0 Å². The Balaban J connectivity index is 1.52. The zero-order valence-electron chi connectivity index (χ0n) is 16.3. The Hall–Kier alpha value is -3.72. The van der Waals surface area contributed by atoms with Crippen molar-refractivity contribution in [2.45, 2.75) is 18.7 Å². The Labute approximate surface area is 173 Å². The number of hydrogen-bond acceptors (Lipinski definition) is 5. The lowest BCUT2D eigenvalue weighted by molar-refractivity contribution is -0.114. The average molecular weight is 421 g/mol. The third-order valence-electron chi connectivity index (χ3n) is 4.38. The van der Waals surface area contributed by atoms with Crippen LogP contribution >= 0.6 is 0 Å². The molecule has 0 aliphatic carbocycles. The first-order chi connectivity index (χ1) is 14.3. The van der Waals surface area contributed by atoms with Crippen LogP contribution < -0.4 is 10.0 Å². The van der Waals surface area contributed by atoms with E-state index in [0.29, 0.717) is 17.2 Å². The van der Waals surface area contributed by atoms with Crippen molar-refractivity contribution in [1.29, 1.82) is 0 Å². The Morgan fingerprint density at radius 2 is 1.60 bits per heavy atom. The van der Waals surface area contributed by atoms with E-state index in [4.69, 9.17) is 0 Å². The van der Waals surface area contributed by atoms with Crippen LogP contribution in [0.15, 0.2) is 71.9 Å². The molecule has 152 valence electrons. The molecule has 0 fully saturated rings. The van der Waals surface area contributed by atoms with Gasteiger partial charge in [0.2, 0.25) is 11.7 Å². The van der Waals surface area contributed by atoms with Crippen LogP contribution in [0.5, 0.6) is 0 Å². The summed E-state index contributed by atoms with van der Waals surface area (Å²) in [6, 6.07) is 14.8. The number of hydrogen-bond donors (Lipinski definition) is 2. The summed E-state index contributed by atoms with van der Waals surface area (Å²) in [6.07, 6.45) is 3.77. The fourth-order valence-electron chi connectivity index (χ4n) is 2.94. The molecular formula is C21H19N5O3S. The highest BCUT2D eigenvalue weighted by Gasteiger charge is 2.14. The molecule has 8 nitrogen and oxygen atoms in total.